The molecule has 0 aliphatic rings. The van der Waals surface area contributed by atoms with Crippen molar-refractivity contribution in [2.45, 2.75) is 6.92 Å². The molecular weight excluding hydrogens is 214 g/mol. The number of methoxy groups -OCH3 is 1. The van der Waals surface area contributed by atoms with Crippen LogP contribution < -0.4 is 10.1 Å². The van der Waals surface area contributed by atoms with Crippen molar-refractivity contribution in [1.29, 1.82) is 0 Å². The zero-order chi connectivity index (χ0) is 11.4. The molecule has 0 aliphatic carbocycles. The molecule has 0 radical (unpaired) electrons. The Hall–Kier alpha value is -1.48. The van der Waals surface area contributed by atoms with Crippen molar-refractivity contribution in [2.75, 3.05) is 12.4 Å². The third kappa shape index (κ3) is 2.99. The van der Waals surface area contributed by atoms with Crippen LogP contribution in [0.2, 0.25) is 5.02 Å². The summed E-state index contributed by atoms with van der Waals surface area (Å²) in [5, 5.41) is 3.19. The van der Waals surface area contributed by atoms with Gasteiger partial charge in [-0.2, -0.15) is 0 Å². The van der Waals surface area contributed by atoms with Crippen LogP contribution in [-0.2, 0) is 4.79 Å². The molecule has 80 valence electrons. The van der Waals surface area contributed by atoms with Crippen LogP contribution in [0.4, 0.5) is 5.69 Å². The fourth-order valence-corrected chi connectivity index (χ4v) is 1.18. The van der Waals surface area contributed by atoms with E-state index in [9.17, 15) is 4.79 Å². The molecule has 0 unspecified atom stereocenters. The first-order chi connectivity index (χ1) is 7.04. The van der Waals surface area contributed by atoms with Crippen LogP contribution in [0.5, 0.6) is 5.75 Å². The smallest absolute Gasteiger partial charge is 0.250 e. The van der Waals surface area contributed by atoms with Gasteiger partial charge in [0.1, 0.15) is 5.75 Å². The minimum absolute atomic E-state index is 0.254. The van der Waals surface area contributed by atoms with Crippen LogP contribution in [0.15, 0.2) is 30.4 Å². The predicted molar refractivity (Wildman–Crippen MR) is 61.4 cm³/mol. The molecule has 3 nitrogen and oxygen atoms in total. The lowest BCUT2D eigenvalue weighted by molar-refractivity contribution is -0.112. The zero-order valence-electron chi connectivity index (χ0n) is 8.63. The Labute approximate surface area is 93.7 Å². The average molecular weight is 226 g/mol. The number of carbonyl (C=O) groups excluding carboxylic acids is 1. The number of ether oxygens (including phenoxy) is 1. The molecule has 1 aromatic carbocycles. The zero-order valence-corrected chi connectivity index (χ0v) is 9.39. The van der Waals surface area contributed by atoms with Gasteiger partial charge >= 0.3 is 0 Å². The summed E-state index contributed by atoms with van der Waals surface area (Å²) in [5.74, 6) is 0.310. The topological polar surface area (TPSA) is 38.3 Å². The number of rotatable bonds is 3. The molecule has 0 heterocycles. The van der Waals surface area contributed by atoms with E-state index in [1.165, 1.54) is 7.11 Å². The number of benzene rings is 1. The van der Waals surface area contributed by atoms with Crippen LogP contribution in [-0.4, -0.2) is 13.0 Å². The van der Waals surface area contributed by atoms with Crippen LogP contribution in [0.3, 0.4) is 0 Å². The summed E-state index contributed by atoms with van der Waals surface area (Å²) in [4.78, 5) is 11.4. The maximum atomic E-state index is 11.4. The normalized spacial score (nSPS) is 9.53. The maximum Gasteiger partial charge on any atom is 0.250 e. The number of anilines is 1. The quantitative estimate of drug-likeness (QED) is 0.804. The second kappa shape index (κ2) is 4.84. The Bertz CT molecular complexity index is 402. The molecule has 1 aromatic rings. The Balaban J connectivity index is 2.97. The molecule has 0 saturated carbocycles. The third-order valence-corrected chi connectivity index (χ3v) is 2.03. The van der Waals surface area contributed by atoms with Crippen LogP contribution >= 0.6 is 11.6 Å². The molecule has 0 spiro atoms. The number of carbonyl (C=O) groups is 1. The first-order valence-electron chi connectivity index (χ1n) is 4.35. The van der Waals surface area contributed by atoms with Gasteiger partial charge in [-0.15, -0.1) is 0 Å². The van der Waals surface area contributed by atoms with Gasteiger partial charge in [-0.1, -0.05) is 18.2 Å². The minimum atomic E-state index is -0.254. The number of hydrogen-bond acceptors (Lipinski definition) is 2. The molecule has 0 bridgehead atoms. The lowest BCUT2D eigenvalue weighted by atomic mass is 10.2. The molecule has 0 aromatic heterocycles. The Kier molecular flexibility index (Phi) is 3.74. The van der Waals surface area contributed by atoms with Gasteiger partial charge in [0, 0.05) is 10.6 Å². The summed E-state index contributed by atoms with van der Waals surface area (Å²) in [5.41, 5.74) is 0.968. The molecule has 15 heavy (non-hydrogen) atoms. The second-order valence-corrected chi connectivity index (χ2v) is 3.52. The SMILES string of the molecule is C=C(C)C(=O)Nc1cc(Cl)ccc1OC. The number of halogens is 1. The highest BCUT2D eigenvalue weighted by Crippen LogP contribution is 2.27. The maximum absolute atomic E-state index is 11.4. The van der Waals surface area contributed by atoms with Gasteiger partial charge in [-0.05, 0) is 25.1 Å². The highest BCUT2D eigenvalue weighted by atomic mass is 35.5. The molecular formula is C11H12ClNO2. The van der Waals surface area contributed by atoms with Gasteiger partial charge in [0.05, 0.1) is 12.8 Å². The van der Waals surface area contributed by atoms with E-state index in [2.05, 4.69) is 11.9 Å². The van der Waals surface area contributed by atoms with Crippen LogP contribution in [0, 0.1) is 0 Å². The Morgan fingerprint density at radius 1 is 1.53 bits per heavy atom. The van der Waals surface area contributed by atoms with Gasteiger partial charge in [-0.3, -0.25) is 4.79 Å². The minimum Gasteiger partial charge on any atom is -0.495 e. The molecule has 0 saturated heterocycles. The molecule has 4 heteroatoms. The predicted octanol–water partition coefficient (Wildman–Crippen LogP) is 2.86. The summed E-state index contributed by atoms with van der Waals surface area (Å²) >= 11 is 5.81. The Morgan fingerprint density at radius 2 is 2.20 bits per heavy atom. The van der Waals surface area contributed by atoms with Crippen molar-refractivity contribution in [1.82, 2.24) is 0 Å². The van der Waals surface area contributed by atoms with Crippen molar-refractivity contribution in [3.8, 4) is 5.75 Å². The van der Waals surface area contributed by atoms with Crippen molar-refractivity contribution >= 4 is 23.2 Å². The standard InChI is InChI=1S/C11H12ClNO2/c1-7(2)11(14)13-9-6-8(12)4-5-10(9)15-3/h4-6H,1H2,2-3H3,(H,13,14). The van der Waals surface area contributed by atoms with Crippen LogP contribution in [0.25, 0.3) is 0 Å². The van der Waals surface area contributed by atoms with Gasteiger partial charge in [0.15, 0.2) is 0 Å². The molecule has 0 aliphatic heterocycles. The number of hydrogen-bond donors (Lipinski definition) is 1. The lowest BCUT2D eigenvalue weighted by Crippen LogP contribution is -2.12. The molecule has 0 atom stereocenters. The van der Waals surface area contributed by atoms with E-state index in [1.807, 2.05) is 0 Å². The highest BCUT2D eigenvalue weighted by Gasteiger charge is 2.08. The van der Waals surface area contributed by atoms with Crippen molar-refractivity contribution in [3.05, 3.63) is 35.4 Å². The van der Waals surface area contributed by atoms with Crippen molar-refractivity contribution in [3.63, 3.8) is 0 Å². The van der Waals surface area contributed by atoms with E-state index in [1.54, 1.807) is 25.1 Å². The fraction of sp³-hybridized carbons (Fsp3) is 0.182. The van der Waals surface area contributed by atoms with Crippen LogP contribution in [0.1, 0.15) is 6.92 Å². The number of nitrogens with one attached hydrogen (secondary N) is 1. The average Bonchev–Trinajstić information content (AvgIpc) is 2.18. The fourth-order valence-electron chi connectivity index (χ4n) is 1.01. The van der Waals surface area contributed by atoms with E-state index >= 15 is 0 Å². The van der Waals surface area contributed by atoms with E-state index in [0.29, 0.717) is 22.0 Å². The highest BCUT2D eigenvalue weighted by molar-refractivity contribution is 6.31. The summed E-state index contributed by atoms with van der Waals surface area (Å²) in [6, 6.07) is 5.01. The largest absolute Gasteiger partial charge is 0.495 e. The number of amides is 1. The molecule has 1 N–H and O–H groups in total. The van der Waals surface area contributed by atoms with E-state index in [0.717, 1.165) is 0 Å². The van der Waals surface area contributed by atoms with E-state index in [-0.39, 0.29) is 5.91 Å². The summed E-state index contributed by atoms with van der Waals surface area (Å²) in [6.45, 7) is 5.17. The van der Waals surface area contributed by atoms with Crippen molar-refractivity contribution < 1.29 is 9.53 Å². The molecule has 1 amide bonds. The van der Waals surface area contributed by atoms with Gasteiger partial charge in [-0.25, -0.2) is 0 Å². The monoisotopic (exact) mass is 225 g/mol. The lowest BCUT2D eigenvalue weighted by Gasteiger charge is -2.10. The summed E-state index contributed by atoms with van der Waals surface area (Å²) in [7, 11) is 1.53. The van der Waals surface area contributed by atoms with Gasteiger partial charge in [0.25, 0.3) is 5.91 Å². The molecule has 0 fully saturated rings. The van der Waals surface area contributed by atoms with Gasteiger partial charge in [0.2, 0.25) is 0 Å². The summed E-state index contributed by atoms with van der Waals surface area (Å²) in [6.07, 6.45) is 0. The second-order valence-electron chi connectivity index (χ2n) is 3.08. The Morgan fingerprint density at radius 3 is 2.73 bits per heavy atom. The van der Waals surface area contributed by atoms with Crippen molar-refractivity contribution in [2.24, 2.45) is 0 Å². The molecule has 1 rings (SSSR count). The first kappa shape index (κ1) is 11.6. The third-order valence-electron chi connectivity index (χ3n) is 1.80. The first-order valence-corrected chi connectivity index (χ1v) is 4.73. The summed E-state index contributed by atoms with van der Waals surface area (Å²) < 4.78 is 5.08. The van der Waals surface area contributed by atoms with Gasteiger partial charge < -0.3 is 10.1 Å². The van der Waals surface area contributed by atoms with E-state index < -0.39 is 0 Å². The van der Waals surface area contributed by atoms with E-state index in [4.69, 9.17) is 16.3 Å².